The number of aryl methyl sites for hydroxylation is 1. The molecule has 1 aliphatic rings. The summed E-state index contributed by atoms with van der Waals surface area (Å²) in [7, 11) is 0. The largest absolute Gasteiger partial charge is 0.370 e. The van der Waals surface area contributed by atoms with Crippen molar-refractivity contribution in [3.8, 4) is 0 Å². The molecule has 2 atom stereocenters. The van der Waals surface area contributed by atoms with Crippen LogP contribution in [0.5, 0.6) is 0 Å². The molecule has 1 aromatic rings. The summed E-state index contributed by atoms with van der Waals surface area (Å²) in [5.74, 6) is -0.178. The van der Waals surface area contributed by atoms with Crippen molar-refractivity contribution in [2.75, 3.05) is 19.6 Å². The van der Waals surface area contributed by atoms with Gasteiger partial charge in [0.15, 0.2) is 0 Å². The molecule has 0 saturated carbocycles. The Morgan fingerprint density at radius 1 is 1.50 bits per heavy atom. The molecule has 1 saturated heterocycles. The monoisotopic (exact) mass is 280 g/mol. The number of morpholine rings is 1. The van der Waals surface area contributed by atoms with Gasteiger partial charge in [-0.15, -0.1) is 0 Å². The maximum Gasteiger partial charge on any atom is 0.128 e. The number of halogens is 1. The fourth-order valence-corrected chi connectivity index (χ4v) is 3.13. The number of hydrogen-bond acceptors (Lipinski definition) is 3. The Balaban J connectivity index is 2.29. The second-order valence-electron chi connectivity index (χ2n) is 6.39. The zero-order valence-corrected chi connectivity index (χ0v) is 12.8. The minimum atomic E-state index is -0.231. The highest BCUT2D eigenvalue weighted by Gasteiger charge is 2.35. The summed E-state index contributed by atoms with van der Waals surface area (Å²) in [6, 6.07) is 5.13. The van der Waals surface area contributed by atoms with Crippen molar-refractivity contribution in [2.24, 2.45) is 5.73 Å². The maximum absolute atomic E-state index is 14.1. The number of hydrogen-bond donors (Lipinski definition) is 1. The molecule has 2 N–H and O–H groups in total. The van der Waals surface area contributed by atoms with E-state index in [1.165, 1.54) is 6.07 Å². The minimum absolute atomic E-state index is 0.0967. The fourth-order valence-electron chi connectivity index (χ4n) is 3.13. The van der Waals surface area contributed by atoms with Crippen LogP contribution < -0.4 is 5.73 Å². The third kappa shape index (κ3) is 3.37. The van der Waals surface area contributed by atoms with E-state index in [1.807, 2.05) is 19.9 Å². The van der Waals surface area contributed by atoms with Crippen LogP contribution in [0.25, 0.3) is 0 Å². The van der Waals surface area contributed by atoms with Gasteiger partial charge in [0.2, 0.25) is 0 Å². The summed E-state index contributed by atoms with van der Waals surface area (Å²) in [4.78, 5) is 2.24. The molecule has 2 rings (SSSR count). The molecule has 3 nitrogen and oxygen atoms in total. The molecule has 0 bridgehead atoms. The lowest BCUT2D eigenvalue weighted by atomic mass is 9.98. The molecule has 20 heavy (non-hydrogen) atoms. The number of ether oxygens (including phenoxy) is 1. The van der Waals surface area contributed by atoms with Crippen LogP contribution in [0.1, 0.15) is 37.9 Å². The Morgan fingerprint density at radius 2 is 2.20 bits per heavy atom. The predicted octanol–water partition coefficient (Wildman–Crippen LogP) is 2.63. The van der Waals surface area contributed by atoms with E-state index < -0.39 is 0 Å². The normalized spacial score (nSPS) is 24.6. The summed E-state index contributed by atoms with van der Waals surface area (Å²) in [6.45, 7) is 10.1. The second-order valence-corrected chi connectivity index (χ2v) is 6.39. The van der Waals surface area contributed by atoms with Gasteiger partial charge in [0.25, 0.3) is 0 Å². The third-order valence-electron chi connectivity index (χ3n) is 3.77. The van der Waals surface area contributed by atoms with Gasteiger partial charge >= 0.3 is 0 Å². The number of nitrogens with two attached hydrogens (primary N) is 1. The van der Waals surface area contributed by atoms with E-state index in [1.54, 1.807) is 6.07 Å². The third-order valence-corrected chi connectivity index (χ3v) is 3.77. The standard InChI is InChI=1S/C16H25FN2O/c1-11-5-6-14(17)13(7-11)15(8-18)19-9-12(2)20-16(3,4)10-19/h5-7,12,15H,8-10,18H2,1-4H3. The first kappa shape index (κ1) is 15.4. The molecule has 0 amide bonds. The van der Waals surface area contributed by atoms with Gasteiger partial charge in [-0.1, -0.05) is 17.7 Å². The molecule has 4 heteroatoms. The number of rotatable bonds is 3. The Morgan fingerprint density at radius 3 is 2.80 bits per heavy atom. The zero-order chi connectivity index (χ0) is 14.9. The summed E-state index contributed by atoms with van der Waals surface area (Å²) in [5, 5.41) is 0. The average molecular weight is 280 g/mol. The topological polar surface area (TPSA) is 38.5 Å². The maximum atomic E-state index is 14.1. The van der Waals surface area contributed by atoms with Crippen molar-refractivity contribution in [3.05, 3.63) is 35.1 Å². The van der Waals surface area contributed by atoms with Crippen LogP contribution in [0.2, 0.25) is 0 Å². The van der Waals surface area contributed by atoms with E-state index in [9.17, 15) is 4.39 Å². The van der Waals surface area contributed by atoms with Crippen molar-refractivity contribution in [1.29, 1.82) is 0 Å². The Hall–Kier alpha value is -0.970. The highest BCUT2D eigenvalue weighted by molar-refractivity contribution is 5.27. The SMILES string of the molecule is Cc1ccc(F)c(C(CN)N2CC(C)OC(C)(C)C2)c1. The Kier molecular flexibility index (Phi) is 4.47. The van der Waals surface area contributed by atoms with Crippen molar-refractivity contribution in [2.45, 2.75) is 45.4 Å². The van der Waals surface area contributed by atoms with E-state index in [-0.39, 0.29) is 23.6 Å². The Labute approximate surface area is 120 Å². The van der Waals surface area contributed by atoms with Gasteiger partial charge in [-0.25, -0.2) is 4.39 Å². The van der Waals surface area contributed by atoms with Gasteiger partial charge in [0.1, 0.15) is 5.82 Å². The molecule has 1 aromatic carbocycles. The van der Waals surface area contributed by atoms with Gasteiger partial charge in [-0.2, -0.15) is 0 Å². The fraction of sp³-hybridized carbons (Fsp3) is 0.625. The first-order valence-corrected chi connectivity index (χ1v) is 7.20. The van der Waals surface area contributed by atoms with E-state index in [4.69, 9.17) is 10.5 Å². The van der Waals surface area contributed by atoms with Crippen molar-refractivity contribution in [3.63, 3.8) is 0 Å². The first-order valence-electron chi connectivity index (χ1n) is 7.20. The van der Waals surface area contributed by atoms with Crippen molar-refractivity contribution in [1.82, 2.24) is 4.90 Å². The zero-order valence-electron chi connectivity index (χ0n) is 12.8. The smallest absolute Gasteiger partial charge is 0.128 e. The summed E-state index contributed by atoms with van der Waals surface area (Å²) in [5.41, 5.74) is 7.46. The first-order chi connectivity index (χ1) is 9.32. The quantitative estimate of drug-likeness (QED) is 0.925. The van der Waals surface area contributed by atoms with Crippen LogP contribution >= 0.6 is 0 Å². The van der Waals surface area contributed by atoms with Gasteiger partial charge in [-0.05, 0) is 33.8 Å². The van der Waals surface area contributed by atoms with Crippen LogP contribution in [0.3, 0.4) is 0 Å². The van der Waals surface area contributed by atoms with E-state index in [0.717, 1.165) is 18.7 Å². The summed E-state index contributed by atoms with van der Waals surface area (Å²) in [6.07, 6.45) is 0.126. The lowest BCUT2D eigenvalue weighted by molar-refractivity contribution is -0.138. The highest BCUT2D eigenvalue weighted by Crippen LogP contribution is 2.30. The number of benzene rings is 1. The highest BCUT2D eigenvalue weighted by atomic mass is 19.1. The van der Waals surface area contributed by atoms with Crippen LogP contribution in [0.4, 0.5) is 4.39 Å². The van der Waals surface area contributed by atoms with Crippen LogP contribution in [0.15, 0.2) is 18.2 Å². The molecule has 1 heterocycles. The lowest BCUT2D eigenvalue weighted by Crippen LogP contribution is -2.54. The molecule has 2 unspecified atom stereocenters. The minimum Gasteiger partial charge on any atom is -0.370 e. The molecule has 0 spiro atoms. The second kappa shape index (κ2) is 5.80. The lowest BCUT2D eigenvalue weighted by Gasteiger charge is -2.45. The molecule has 0 aromatic heterocycles. The van der Waals surface area contributed by atoms with Crippen LogP contribution in [-0.4, -0.2) is 36.2 Å². The molecule has 0 radical (unpaired) electrons. The molecular weight excluding hydrogens is 255 g/mol. The van der Waals surface area contributed by atoms with Crippen LogP contribution in [0, 0.1) is 12.7 Å². The van der Waals surface area contributed by atoms with Gasteiger partial charge in [0.05, 0.1) is 17.7 Å². The van der Waals surface area contributed by atoms with Gasteiger partial charge in [-0.3, -0.25) is 4.90 Å². The molecular formula is C16H25FN2O. The van der Waals surface area contributed by atoms with Gasteiger partial charge < -0.3 is 10.5 Å². The Bertz CT molecular complexity index is 476. The average Bonchev–Trinajstić information content (AvgIpc) is 2.32. The van der Waals surface area contributed by atoms with E-state index in [2.05, 4.69) is 18.7 Å². The molecule has 0 aliphatic carbocycles. The van der Waals surface area contributed by atoms with E-state index in [0.29, 0.717) is 12.1 Å². The summed E-state index contributed by atoms with van der Waals surface area (Å²) < 4.78 is 20.1. The van der Waals surface area contributed by atoms with Crippen molar-refractivity contribution >= 4 is 0 Å². The summed E-state index contributed by atoms with van der Waals surface area (Å²) >= 11 is 0. The van der Waals surface area contributed by atoms with Crippen molar-refractivity contribution < 1.29 is 9.13 Å². The molecule has 1 aliphatic heterocycles. The van der Waals surface area contributed by atoms with Crippen LogP contribution in [-0.2, 0) is 4.74 Å². The molecule has 112 valence electrons. The van der Waals surface area contributed by atoms with E-state index >= 15 is 0 Å². The molecule has 1 fully saturated rings. The predicted molar refractivity (Wildman–Crippen MR) is 79.1 cm³/mol. The van der Waals surface area contributed by atoms with Gasteiger partial charge in [0, 0.05) is 25.2 Å². The number of nitrogens with zero attached hydrogens (tertiary/aromatic N) is 1.